The molecule has 1 atom stereocenters. The molecule has 0 aliphatic heterocycles. The number of aryl methyl sites for hydroxylation is 1. The van der Waals surface area contributed by atoms with Crippen molar-refractivity contribution in [2.45, 2.75) is 44.7 Å². The van der Waals surface area contributed by atoms with E-state index in [4.69, 9.17) is 0 Å². The van der Waals surface area contributed by atoms with Crippen LogP contribution >= 0.6 is 0 Å². The molecule has 0 spiro atoms. The van der Waals surface area contributed by atoms with Gasteiger partial charge in [0.25, 0.3) is 0 Å². The number of rotatable bonds is 6. The fourth-order valence-electron chi connectivity index (χ4n) is 3.33. The quantitative estimate of drug-likeness (QED) is 0.715. The van der Waals surface area contributed by atoms with Gasteiger partial charge >= 0.3 is 0 Å². The number of aromatic nitrogens is 7. The number of nitrogens with zero attached hydrogens (tertiary/aromatic N) is 7. The molecule has 0 radical (unpaired) electrons. The molecule has 0 aromatic carbocycles. The highest BCUT2D eigenvalue weighted by Crippen LogP contribution is 2.30. The van der Waals surface area contributed by atoms with Crippen molar-refractivity contribution in [1.29, 1.82) is 0 Å². The summed E-state index contributed by atoms with van der Waals surface area (Å²) in [6.45, 7) is 0.633. The number of carbonyl (C=O) groups excluding carboxylic acids is 1. The van der Waals surface area contributed by atoms with Crippen LogP contribution in [0.25, 0.3) is 5.82 Å². The zero-order valence-corrected chi connectivity index (χ0v) is 14.3. The van der Waals surface area contributed by atoms with Crippen LogP contribution in [0.1, 0.15) is 43.0 Å². The minimum atomic E-state index is 0.0109. The maximum absolute atomic E-state index is 12.3. The van der Waals surface area contributed by atoms with Gasteiger partial charge in [-0.05, 0) is 48.2 Å². The molecule has 1 N–H and O–H groups in total. The van der Waals surface area contributed by atoms with Crippen molar-refractivity contribution < 1.29 is 4.79 Å². The maximum Gasteiger partial charge on any atom is 0.220 e. The normalized spacial score (nSPS) is 16.2. The van der Waals surface area contributed by atoms with Gasteiger partial charge in [0.05, 0.1) is 17.9 Å². The summed E-state index contributed by atoms with van der Waals surface area (Å²) in [7, 11) is 0. The van der Waals surface area contributed by atoms with E-state index in [0.717, 1.165) is 36.3 Å². The highest BCUT2D eigenvalue weighted by molar-refractivity contribution is 5.76. The summed E-state index contributed by atoms with van der Waals surface area (Å²) in [5.74, 6) is 0.851. The molecule has 26 heavy (non-hydrogen) atoms. The van der Waals surface area contributed by atoms with Gasteiger partial charge in [-0.2, -0.15) is 5.10 Å². The lowest BCUT2D eigenvalue weighted by Gasteiger charge is -2.24. The van der Waals surface area contributed by atoms with E-state index in [-0.39, 0.29) is 11.9 Å². The number of amides is 1. The van der Waals surface area contributed by atoms with Crippen LogP contribution in [-0.2, 0) is 17.8 Å². The summed E-state index contributed by atoms with van der Waals surface area (Å²) in [5, 5.41) is 18.6. The molecule has 1 amide bonds. The SMILES string of the molecule is O=C(CCCn1cnnn1)N[C@H]1CCCc2c1cnn2-c1ccccn1. The first-order valence-electron chi connectivity index (χ1n) is 8.79. The van der Waals surface area contributed by atoms with Crippen molar-refractivity contribution in [1.82, 2.24) is 40.3 Å². The minimum Gasteiger partial charge on any atom is -0.349 e. The molecule has 3 heterocycles. The van der Waals surface area contributed by atoms with E-state index in [0.29, 0.717) is 19.4 Å². The van der Waals surface area contributed by atoms with Gasteiger partial charge in [-0.1, -0.05) is 6.07 Å². The average Bonchev–Trinajstić information content (AvgIpc) is 3.32. The van der Waals surface area contributed by atoms with Gasteiger partial charge in [0.15, 0.2) is 5.82 Å². The summed E-state index contributed by atoms with van der Waals surface area (Å²) in [6.07, 6.45) is 9.20. The number of carbonyl (C=O) groups is 1. The average molecular weight is 352 g/mol. The van der Waals surface area contributed by atoms with E-state index >= 15 is 0 Å². The third kappa shape index (κ3) is 3.46. The second kappa shape index (κ2) is 7.42. The first-order valence-corrected chi connectivity index (χ1v) is 8.79. The van der Waals surface area contributed by atoms with E-state index in [1.807, 2.05) is 29.1 Å². The summed E-state index contributed by atoms with van der Waals surface area (Å²) in [6, 6.07) is 5.78. The van der Waals surface area contributed by atoms with Crippen LogP contribution in [0, 0.1) is 0 Å². The van der Waals surface area contributed by atoms with Crippen molar-refractivity contribution in [2.24, 2.45) is 0 Å². The molecule has 9 nitrogen and oxygen atoms in total. The zero-order chi connectivity index (χ0) is 17.8. The van der Waals surface area contributed by atoms with Crippen molar-refractivity contribution in [3.05, 3.63) is 48.2 Å². The Kier molecular flexibility index (Phi) is 4.67. The Morgan fingerprint density at radius 1 is 1.35 bits per heavy atom. The van der Waals surface area contributed by atoms with Gasteiger partial charge in [0.1, 0.15) is 6.33 Å². The molecule has 4 rings (SSSR count). The first-order chi connectivity index (χ1) is 12.8. The second-order valence-corrected chi connectivity index (χ2v) is 6.34. The number of hydrogen-bond acceptors (Lipinski definition) is 6. The first kappa shape index (κ1) is 16.4. The Morgan fingerprint density at radius 3 is 3.12 bits per heavy atom. The lowest BCUT2D eigenvalue weighted by molar-refractivity contribution is -0.122. The molecule has 134 valence electrons. The topological polar surface area (TPSA) is 103 Å². The third-order valence-electron chi connectivity index (χ3n) is 4.57. The van der Waals surface area contributed by atoms with E-state index < -0.39 is 0 Å². The molecule has 0 fully saturated rings. The van der Waals surface area contributed by atoms with Crippen molar-refractivity contribution in [3.63, 3.8) is 0 Å². The van der Waals surface area contributed by atoms with Crippen LogP contribution < -0.4 is 5.32 Å². The largest absolute Gasteiger partial charge is 0.349 e. The Morgan fingerprint density at radius 2 is 2.31 bits per heavy atom. The molecule has 0 saturated heterocycles. The predicted octanol–water partition coefficient (Wildman–Crippen LogP) is 1.23. The molecule has 0 saturated carbocycles. The molecule has 0 bridgehead atoms. The second-order valence-electron chi connectivity index (χ2n) is 6.34. The van der Waals surface area contributed by atoms with E-state index in [1.165, 1.54) is 0 Å². The molecule has 0 unspecified atom stereocenters. The Labute approximate surface area is 150 Å². The number of nitrogens with one attached hydrogen (secondary N) is 1. The van der Waals surface area contributed by atoms with Gasteiger partial charge in [-0.25, -0.2) is 14.3 Å². The minimum absolute atomic E-state index is 0.0109. The van der Waals surface area contributed by atoms with Crippen LogP contribution in [0.5, 0.6) is 0 Å². The number of hydrogen-bond donors (Lipinski definition) is 1. The highest BCUT2D eigenvalue weighted by atomic mass is 16.1. The van der Waals surface area contributed by atoms with E-state index in [2.05, 4.69) is 30.9 Å². The standard InChI is InChI=1S/C17H20N8O/c26-17(8-4-10-24-12-19-22-23-24)21-14-5-3-6-15-13(14)11-20-25(15)16-7-1-2-9-18-16/h1-2,7,9,11-12,14H,3-6,8,10H2,(H,21,26)/t14-/m0/s1. The number of pyridine rings is 1. The number of tetrazole rings is 1. The van der Waals surface area contributed by atoms with Gasteiger partial charge in [0.2, 0.25) is 5.91 Å². The summed E-state index contributed by atoms with van der Waals surface area (Å²) in [4.78, 5) is 16.7. The molecule has 1 aliphatic carbocycles. The Balaban J connectivity index is 1.40. The highest BCUT2D eigenvalue weighted by Gasteiger charge is 2.26. The van der Waals surface area contributed by atoms with Crippen LogP contribution in [0.2, 0.25) is 0 Å². The van der Waals surface area contributed by atoms with Crippen LogP contribution in [0.3, 0.4) is 0 Å². The Bertz CT molecular complexity index is 858. The molecule has 3 aromatic heterocycles. The van der Waals surface area contributed by atoms with E-state index in [1.54, 1.807) is 17.2 Å². The van der Waals surface area contributed by atoms with Crippen molar-refractivity contribution in [2.75, 3.05) is 0 Å². The lowest BCUT2D eigenvalue weighted by Crippen LogP contribution is -2.31. The fraction of sp³-hybridized carbons (Fsp3) is 0.412. The van der Waals surface area contributed by atoms with Gasteiger partial charge in [-0.15, -0.1) is 5.10 Å². The summed E-state index contributed by atoms with van der Waals surface area (Å²) in [5.41, 5.74) is 2.23. The molecular formula is C17H20N8O. The molecule has 9 heteroatoms. The Hall–Kier alpha value is -3.10. The number of fused-ring (bicyclic) bond motifs is 1. The van der Waals surface area contributed by atoms with Crippen molar-refractivity contribution in [3.8, 4) is 5.82 Å². The van der Waals surface area contributed by atoms with Gasteiger partial charge < -0.3 is 5.32 Å². The molecule has 3 aromatic rings. The molecular weight excluding hydrogens is 332 g/mol. The summed E-state index contributed by atoms with van der Waals surface area (Å²) < 4.78 is 3.51. The monoisotopic (exact) mass is 352 g/mol. The smallest absolute Gasteiger partial charge is 0.220 e. The van der Waals surface area contributed by atoms with Crippen LogP contribution in [-0.4, -0.2) is 40.9 Å². The van der Waals surface area contributed by atoms with Crippen LogP contribution in [0.4, 0.5) is 0 Å². The lowest BCUT2D eigenvalue weighted by atomic mass is 9.93. The third-order valence-corrected chi connectivity index (χ3v) is 4.57. The predicted molar refractivity (Wildman–Crippen MR) is 92.2 cm³/mol. The summed E-state index contributed by atoms with van der Waals surface area (Å²) >= 11 is 0. The maximum atomic E-state index is 12.3. The van der Waals surface area contributed by atoms with E-state index in [9.17, 15) is 4.79 Å². The molecule has 1 aliphatic rings. The van der Waals surface area contributed by atoms with Crippen molar-refractivity contribution >= 4 is 5.91 Å². The van der Waals surface area contributed by atoms with Gasteiger partial charge in [-0.3, -0.25) is 4.79 Å². The van der Waals surface area contributed by atoms with Gasteiger partial charge in [0, 0.05) is 24.7 Å². The van der Waals surface area contributed by atoms with Crippen LogP contribution in [0.15, 0.2) is 36.9 Å². The zero-order valence-electron chi connectivity index (χ0n) is 14.3. The fourth-order valence-corrected chi connectivity index (χ4v) is 3.33.